The number of aryl methyl sites for hydroxylation is 1. The fourth-order valence-electron chi connectivity index (χ4n) is 4.92. The zero-order valence-electron chi connectivity index (χ0n) is 17.5. The van der Waals surface area contributed by atoms with Gasteiger partial charge in [-0.1, -0.05) is 19.8 Å². The van der Waals surface area contributed by atoms with Crippen molar-refractivity contribution in [1.29, 1.82) is 0 Å². The molecule has 1 N–H and O–H groups in total. The summed E-state index contributed by atoms with van der Waals surface area (Å²) in [5.74, 6) is -0.384. The van der Waals surface area contributed by atoms with E-state index in [0.29, 0.717) is 18.6 Å². The summed E-state index contributed by atoms with van der Waals surface area (Å²) >= 11 is 0. The van der Waals surface area contributed by atoms with Crippen LogP contribution in [0.1, 0.15) is 67.3 Å². The topological polar surface area (TPSA) is 80.6 Å². The molecule has 2 heterocycles. The molecule has 1 aliphatic heterocycles. The van der Waals surface area contributed by atoms with Gasteiger partial charge in [0.15, 0.2) is 5.78 Å². The standard InChI is InChI=1S/C21H31N3O4/c1-13-8-6-7-9-21(13)19(26)23(20(27)22-21)11-18(25)17-10-14(2)24(16(17)4)15(3)12-28-5/h10,13,15H,6-9,11-12H2,1-5H3,(H,22,27)/t13-,15-,21-/m0/s1. The van der Waals surface area contributed by atoms with E-state index in [-0.39, 0.29) is 30.2 Å². The minimum absolute atomic E-state index is 0.0813. The molecular formula is C21H31N3O4. The van der Waals surface area contributed by atoms with Crippen LogP contribution in [0.5, 0.6) is 0 Å². The van der Waals surface area contributed by atoms with Gasteiger partial charge in [-0.25, -0.2) is 4.79 Å². The molecule has 0 bridgehead atoms. The average Bonchev–Trinajstić information content (AvgIpc) is 3.06. The van der Waals surface area contributed by atoms with E-state index < -0.39 is 11.6 Å². The highest BCUT2D eigenvalue weighted by Gasteiger charge is 2.55. The summed E-state index contributed by atoms with van der Waals surface area (Å²) in [7, 11) is 1.65. The number of ketones is 1. The number of urea groups is 1. The van der Waals surface area contributed by atoms with Crippen LogP contribution in [0.2, 0.25) is 0 Å². The lowest BCUT2D eigenvalue weighted by molar-refractivity contribution is -0.133. The Labute approximate surface area is 166 Å². The van der Waals surface area contributed by atoms with Crippen molar-refractivity contribution in [2.45, 2.75) is 65.0 Å². The highest BCUT2D eigenvalue weighted by molar-refractivity contribution is 6.11. The number of carbonyl (C=O) groups excluding carboxylic acids is 3. The number of aromatic nitrogens is 1. The first-order valence-electron chi connectivity index (χ1n) is 10.1. The quantitative estimate of drug-likeness (QED) is 0.599. The average molecular weight is 389 g/mol. The van der Waals surface area contributed by atoms with Crippen LogP contribution >= 0.6 is 0 Å². The summed E-state index contributed by atoms with van der Waals surface area (Å²) < 4.78 is 7.30. The van der Waals surface area contributed by atoms with Crippen LogP contribution in [0.4, 0.5) is 4.79 Å². The van der Waals surface area contributed by atoms with Crippen molar-refractivity contribution in [2.75, 3.05) is 20.3 Å². The lowest BCUT2D eigenvalue weighted by atomic mass is 9.73. The van der Waals surface area contributed by atoms with Crippen LogP contribution in [-0.2, 0) is 9.53 Å². The molecular weight excluding hydrogens is 358 g/mol. The molecule has 2 fully saturated rings. The normalized spacial score (nSPS) is 26.0. The van der Waals surface area contributed by atoms with Crippen molar-refractivity contribution in [2.24, 2.45) is 5.92 Å². The largest absolute Gasteiger partial charge is 0.383 e. The maximum atomic E-state index is 13.1. The van der Waals surface area contributed by atoms with Crippen LogP contribution in [0, 0.1) is 19.8 Å². The Kier molecular flexibility index (Phi) is 5.66. The third-order valence-electron chi connectivity index (χ3n) is 6.44. The predicted octanol–water partition coefficient (Wildman–Crippen LogP) is 3.00. The minimum atomic E-state index is -0.834. The second-order valence-corrected chi connectivity index (χ2v) is 8.32. The molecule has 3 rings (SSSR count). The molecule has 1 saturated heterocycles. The lowest BCUT2D eigenvalue weighted by Crippen LogP contribution is -2.54. The van der Waals surface area contributed by atoms with E-state index in [1.54, 1.807) is 7.11 Å². The maximum Gasteiger partial charge on any atom is 0.325 e. The monoisotopic (exact) mass is 389 g/mol. The molecule has 3 atom stereocenters. The van der Waals surface area contributed by atoms with E-state index in [2.05, 4.69) is 9.88 Å². The molecule has 1 aromatic rings. The fourth-order valence-corrected chi connectivity index (χ4v) is 4.92. The molecule has 1 aliphatic carbocycles. The van der Waals surface area contributed by atoms with Gasteiger partial charge in [-0.05, 0) is 45.6 Å². The second-order valence-electron chi connectivity index (χ2n) is 8.32. The molecule has 1 aromatic heterocycles. The van der Waals surface area contributed by atoms with E-state index in [9.17, 15) is 14.4 Å². The van der Waals surface area contributed by atoms with E-state index in [4.69, 9.17) is 4.74 Å². The molecule has 1 saturated carbocycles. The van der Waals surface area contributed by atoms with Gasteiger partial charge in [0.2, 0.25) is 0 Å². The summed E-state index contributed by atoms with van der Waals surface area (Å²) in [6, 6.07) is 1.48. The summed E-state index contributed by atoms with van der Waals surface area (Å²) in [5, 5.41) is 2.91. The molecule has 0 unspecified atom stereocenters. The van der Waals surface area contributed by atoms with E-state index in [1.165, 1.54) is 0 Å². The third-order valence-corrected chi connectivity index (χ3v) is 6.44. The number of amides is 3. The Morgan fingerprint density at radius 3 is 2.71 bits per heavy atom. The smallest absolute Gasteiger partial charge is 0.325 e. The number of methoxy groups -OCH3 is 1. The van der Waals surface area contributed by atoms with Gasteiger partial charge in [0.1, 0.15) is 5.54 Å². The van der Waals surface area contributed by atoms with Crippen molar-refractivity contribution in [1.82, 2.24) is 14.8 Å². The highest BCUT2D eigenvalue weighted by Crippen LogP contribution is 2.38. The molecule has 2 aliphatic rings. The maximum absolute atomic E-state index is 13.1. The molecule has 1 spiro atoms. The highest BCUT2D eigenvalue weighted by atomic mass is 16.5. The SMILES string of the molecule is COC[C@H](C)n1c(C)cc(C(=O)CN2C(=O)N[C@]3(CCCC[C@@H]3C)C2=O)c1C. The van der Waals surface area contributed by atoms with Gasteiger partial charge < -0.3 is 14.6 Å². The predicted molar refractivity (Wildman–Crippen MR) is 105 cm³/mol. The zero-order valence-corrected chi connectivity index (χ0v) is 17.5. The van der Waals surface area contributed by atoms with Gasteiger partial charge in [0.05, 0.1) is 19.2 Å². The van der Waals surface area contributed by atoms with Crippen molar-refractivity contribution in [3.05, 3.63) is 23.0 Å². The Morgan fingerprint density at radius 2 is 2.07 bits per heavy atom. The molecule has 7 heteroatoms. The molecule has 154 valence electrons. The Bertz CT molecular complexity index is 800. The first-order valence-corrected chi connectivity index (χ1v) is 10.1. The number of nitrogens with one attached hydrogen (secondary N) is 1. The number of hydrogen-bond acceptors (Lipinski definition) is 4. The minimum Gasteiger partial charge on any atom is -0.383 e. The number of rotatable bonds is 6. The Hall–Kier alpha value is -2.15. The Morgan fingerprint density at radius 1 is 1.36 bits per heavy atom. The third kappa shape index (κ3) is 3.26. The van der Waals surface area contributed by atoms with E-state index in [1.807, 2.05) is 33.8 Å². The van der Waals surface area contributed by atoms with Gasteiger partial charge in [0.25, 0.3) is 5.91 Å². The van der Waals surface area contributed by atoms with Gasteiger partial charge in [0, 0.05) is 24.1 Å². The van der Waals surface area contributed by atoms with E-state index in [0.717, 1.165) is 35.6 Å². The zero-order chi connectivity index (χ0) is 20.6. The van der Waals surface area contributed by atoms with Crippen molar-refractivity contribution in [3.63, 3.8) is 0 Å². The van der Waals surface area contributed by atoms with Gasteiger partial charge in [-0.15, -0.1) is 0 Å². The summed E-state index contributed by atoms with van der Waals surface area (Å²) in [6.07, 6.45) is 3.53. The fraction of sp³-hybridized carbons (Fsp3) is 0.667. The van der Waals surface area contributed by atoms with Crippen LogP contribution in [-0.4, -0.2) is 53.0 Å². The van der Waals surface area contributed by atoms with Crippen molar-refractivity contribution in [3.8, 4) is 0 Å². The summed E-state index contributed by atoms with van der Waals surface area (Å²) in [6.45, 7) is 8.20. The molecule has 0 aromatic carbocycles. The number of ether oxygens (including phenoxy) is 1. The summed E-state index contributed by atoms with van der Waals surface area (Å²) in [4.78, 5) is 39.7. The van der Waals surface area contributed by atoms with Crippen LogP contribution in [0.25, 0.3) is 0 Å². The van der Waals surface area contributed by atoms with Crippen LogP contribution in [0.3, 0.4) is 0 Å². The van der Waals surface area contributed by atoms with E-state index >= 15 is 0 Å². The summed E-state index contributed by atoms with van der Waals surface area (Å²) in [5.41, 5.74) is 1.51. The van der Waals surface area contributed by atoms with Crippen LogP contribution < -0.4 is 5.32 Å². The Balaban J connectivity index is 1.81. The first kappa shape index (κ1) is 20.6. The van der Waals surface area contributed by atoms with Gasteiger partial charge in [-0.2, -0.15) is 0 Å². The molecule has 28 heavy (non-hydrogen) atoms. The van der Waals surface area contributed by atoms with Gasteiger partial charge >= 0.3 is 6.03 Å². The first-order chi connectivity index (χ1) is 13.2. The number of imide groups is 1. The number of Topliss-reactive ketones (excluding diaryl/α,β-unsaturated/α-hetero) is 1. The number of nitrogens with zero attached hydrogens (tertiary/aromatic N) is 2. The number of hydrogen-bond donors (Lipinski definition) is 1. The van der Waals surface area contributed by atoms with Gasteiger partial charge in [-0.3, -0.25) is 14.5 Å². The van der Waals surface area contributed by atoms with Crippen LogP contribution in [0.15, 0.2) is 6.07 Å². The molecule has 0 radical (unpaired) electrons. The number of carbonyl (C=O) groups is 3. The lowest BCUT2D eigenvalue weighted by Gasteiger charge is -2.36. The molecule has 7 nitrogen and oxygen atoms in total. The van der Waals surface area contributed by atoms with Crippen molar-refractivity contribution >= 4 is 17.7 Å². The second kappa shape index (κ2) is 7.70. The van der Waals surface area contributed by atoms with Crippen molar-refractivity contribution < 1.29 is 19.1 Å². The molecule has 3 amide bonds.